The molecule has 1 atom stereocenters. The Labute approximate surface area is 130 Å². The van der Waals surface area contributed by atoms with E-state index >= 15 is 0 Å². The number of rotatable bonds is 2. The zero-order chi connectivity index (χ0) is 16.2. The van der Waals surface area contributed by atoms with Crippen LogP contribution in [0.3, 0.4) is 0 Å². The van der Waals surface area contributed by atoms with E-state index in [0.29, 0.717) is 17.7 Å². The normalized spacial score (nSPS) is 20.4. The lowest BCUT2D eigenvalue weighted by Crippen LogP contribution is -2.23. The van der Waals surface area contributed by atoms with Crippen LogP contribution in [0.2, 0.25) is 0 Å². The SMILES string of the molecule is FS(F)(F)(F)(F)c1ccc2c(c1)=N[C@@H](c1cccc(Br)c1)N=2. The highest BCUT2D eigenvalue weighted by molar-refractivity contribution is 9.10. The fraction of sp³-hybridized carbons (Fsp3) is 0.0769. The van der Waals surface area contributed by atoms with Crippen LogP contribution in [-0.2, 0) is 0 Å². The molecule has 2 aromatic rings. The maximum absolute atomic E-state index is 12.8. The largest absolute Gasteiger partial charge is 0.310 e. The highest BCUT2D eigenvalue weighted by Gasteiger charge is 2.65. The van der Waals surface area contributed by atoms with E-state index < -0.39 is 21.3 Å². The van der Waals surface area contributed by atoms with E-state index in [1.807, 2.05) is 0 Å². The minimum Gasteiger partial charge on any atom is -0.252 e. The molecule has 3 rings (SSSR count). The van der Waals surface area contributed by atoms with E-state index in [9.17, 15) is 19.4 Å². The van der Waals surface area contributed by atoms with Gasteiger partial charge in [-0.2, -0.15) is 0 Å². The zero-order valence-corrected chi connectivity index (χ0v) is 13.1. The van der Waals surface area contributed by atoms with Crippen LogP contribution in [-0.4, -0.2) is 0 Å². The first-order valence-electron chi connectivity index (χ1n) is 5.98. The first-order valence-corrected chi connectivity index (χ1v) is 8.72. The molecule has 0 N–H and O–H groups in total. The third-order valence-electron chi connectivity index (χ3n) is 3.06. The lowest BCUT2D eigenvalue weighted by Gasteiger charge is -2.40. The Bertz CT molecular complexity index is 895. The van der Waals surface area contributed by atoms with E-state index in [2.05, 4.69) is 25.9 Å². The Morgan fingerprint density at radius 3 is 2.18 bits per heavy atom. The van der Waals surface area contributed by atoms with Crippen LogP contribution in [0.1, 0.15) is 11.7 Å². The van der Waals surface area contributed by atoms with Gasteiger partial charge in [0.05, 0.1) is 10.7 Å². The van der Waals surface area contributed by atoms with E-state index in [0.717, 1.165) is 10.5 Å². The van der Waals surface area contributed by atoms with Crippen molar-refractivity contribution in [2.75, 3.05) is 0 Å². The van der Waals surface area contributed by atoms with Gasteiger partial charge in [0.25, 0.3) is 0 Å². The molecular formula is C13H8BrF5N2S. The zero-order valence-electron chi connectivity index (χ0n) is 10.7. The summed E-state index contributed by atoms with van der Waals surface area (Å²) in [5, 5.41) is -0.0219. The fourth-order valence-electron chi connectivity index (χ4n) is 2.06. The monoisotopic (exact) mass is 398 g/mol. The molecule has 1 aliphatic heterocycles. The molecule has 22 heavy (non-hydrogen) atoms. The number of nitrogens with zero attached hydrogens (tertiary/aromatic N) is 2. The van der Waals surface area contributed by atoms with E-state index in [4.69, 9.17) is 0 Å². The van der Waals surface area contributed by atoms with Crippen molar-refractivity contribution in [1.29, 1.82) is 0 Å². The van der Waals surface area contributed by atoms with E-state index in [1.54, 1.807) is 24.3 Å². The average Bonchev–Trinajstić information content (AvgIpc) is 2.78. The summed E-state index contributed by atoms with van der Waals surface area (Å²) in [7, 11) is -9.70. The number of halogens is 6. The van der Waals surface area contributed by atoms with Crippen LogP contribution in [0.25, 0.3) is 0 Å². The van der Waals surface area contributed by atoms with Gasteiger partial charge in [-0.15, -0.1) is 0 Å². The number of hydrogen-bond acceptors (Lipinski definition) is 2. The Kier molecular flexibility index (Phi) is 2.86. The summed E-state index contributed by atoms with van der Waals surface area (Å²) < 4.78 is 64.8. The van der Waals surface area contributed by atoms with Crippen LogP contribution in [0.4, 0.5) is 19.4 Å². The molecule has 0 saturated carbocycles. The van der Waals surface area contributed by atoms with E-state index in [-0.39, 0.29) is 10.7 Å². The molecule has 1 aliphatic rings. The summed E-state index contributed by atoms with van der Waals surface area (Å²) in [6.07, 6.45) is -0.735. The summed E-state index contributed by atoms with van der Waals surface area (Å²) in [5.41, 5.74) is 0.652. The fourth-order valence-corrected chi connectivity index (χ4v) is 3.14. The van der Waals surface area contributed by atoms with Gasteiger partial charge in [0.1, 0.15) is 4.90 Å². The molecular weight excluding hydrogens is 391 g/mol. The molecule has 118 valence electrons. The Balaban J connectivity index is 2.12. The minimum absolute atomic E-state index is 0.163. The molecule has 9 heteroatoms. The third kappa shape index (κ3) is 3.00. The Hall–Kier alpha value is -1.48. The Morgan fingerprint density at radius 2 is 1.55 bits per heavy atom. The molecule has 0 radical (unpaired) electrons. The average molecular weight is 399 g/mol. The number of fused-ring (bicyclic) bond motifs is 1. The molecule has 0 fully saturated rings. The molecule has 0 aromatic heterocycles. The van der Waals surface area contributed by atoms with Crippen molar-refractivity contribution in [2.24, 2.45) is 9.98 Å². The lowest BCUT2D eigenvalue weighted by molar-refractivity contribution is 0.364. The molecule has 2 aromatic carbocycles. The summed E-state index contributed by atoms with van der Waals surface area (Å²) in [4.78, 5) is 6.19. The highest BCUT2D eigenvalue weighted by atomic mass is 79.9. The van der Waals surface area contributed by atoms with Crippen molar-refractivity contribution < 1.29 is 19.4 Å². The third-order valence-corrected chi connectivity index (χ3v) is 4.70. The summed E-state index contributed by atoms with van der Waals surface area (Å²) in [5.74, 6) is 0. The highest BCUT2D eigenvalue weighted by Crippen LogP contribution is 3.01. The smallest absolute Gasteiger partial charge is 0.252 e. The Morgan fingerprint density at radius 1 is 0.864 bits per heavy atom. The first-order chi connectivity index (χ1) is 9.92. The maximum atomic E-state index is 12.8. The molecule has 0 amide bonds. The second-order valence-corrected chi connectivity index (χ2v) is 8.13. The minimum atomic E-state index is -9.70. The summed E-state index contributed by atoms with van der Waals surface area (Å²) in [6, 6.07) is 8.56. The second-order valence-electron chi connectivity index (χ2n) is 4.81. The van der Waals surface area contributed by atoms with Gasteiger partial charge >= 0.3 is 10.2 Å². The van der Waals surface area contributed by atoms with Crippen LogP contribution < -0.4 is 10.7 Å². The van der Waals surface area contributed by atoms with Gasteiger partial charge in [0.2, 0.25) is 0 Å². The lowest BCUT2D eigenvalue weighted by atomic mass is 10.2. The topological polar surface area (TPSA) is 24.7 Å². The molecule has 0 unspecified atom stereocenters. The van der Waals surface area contributed by atoms with Crippen LogP contribution in [0.15, 0.2) is 61.8 Å². The van der Waals surface area contributed by atoms with Gasteiger partial charge < -0.3 is 0 Å². The van der Waals surface area contributed by atoms with Crippen LogP contribution >= 0.6 is 26.2 Å². The molecule has 0 aliphatic carbocycles. The van der Waals surface area contributed by atoms with Gasteiger partial charge in [-0.3, -0.25) is 9.98 Å². The van der Waals surface area contributed by atoms with Gasteiger partial charge in [-0.05, 0) is 35.9 Å². The van der Waals surface area contributed by atoms with E-state index in [1.165, 1.54) is 0 Å². The number of benzene rings is 2. The molecule has 0 spiro atoms. The van der Waals surface area contributed by atoms with Gasteiger partial charge in [-0.1, -0.05) is 47.5 Å². The first kappa shape index (κ1) is 15.4. The maximum Gasteiger partial charge on any atom is 0.310 e. The van der Waals surface area contributed by atoms with Crippen molar-refractivity contribution in [3.63, 3.8) is 0 Å². The van der Waals surface area contributed by atoms with Crippen molar-refractivity contribution in [3.05, 3.63) is 63.2 Å². The standard InChI is InChI=1S/C13H8BrF5N2S/c14-9-3-1-2-8(6-9)13-20-11-5-4-10(7-12(11)21-13)22(15,16,17,18)19/h1-7,13H/t13-/m0/s1. The van der Waals surface area contributed by atoms with Crippen LogP contribution in [0.5, 0.6) is 0 Å². The van der Waals surface area contributed by atoms with Gasteiger partial charge in [0.15, 0.2) is 6.17 Å². The summed E-state index contributed by atoms with van der Waals surface area (Å²) in [6.45, 7) is 0. The predicted molar refractivity (Wildman–Crippen MR) is 77.0 cm³/mol. The summed E-state index contributed by atoms with van der Waals surface area (Å²) >= 11 is 3.27. The van der Waals surface area contributed by atoms with Crippen molar-refractivity contribution >= 4 is 26.2 Å². The van der Waals surface area contributed by atoms with Gasteiger partial charge in [0, 0.05) is 4.47 Å². The van der Waals surface area contributed by atoms with Crippen molar-refractivity contribution in [2.45, 2.75) is 11.1 Å². The quantitative estimate of drug-likeness (QED) is 0.631. The molecule has 0 saturated heterocycles. The number of hydrogen-bond donors (Lipinski definition) is 0. The molecule has 1 heterocycles. The molecule has 0 bridgehead atoms. The van der Waals surface area contributed by atoms with Crippen LogP contribution in [0, 0.1) is 0 Å². The predicted octanol–water partition coefficient (Wildman–Crippen LogP) is 5.06. The van der Waals surface area contributed by atoms with Crippen molar-refractivity contribution in [3.8, 4) is 0 Å². The van der Waals surface area contributed by atoms with Gasteiger partial charge in [-0.25, -0.2) is 0 Å². The molecule has 2 nitrogen and oxygen atoms in total. The van der Waals surface area contributed by atoms with Crippen molar-refractivity contribution in [1.82, 2.24) is 0 Å². The second kappa shape index (κ2) is 4.08.